The summed E-state index contributed by atoms with van der Waals surface area (Å²) in [5.41, 5.74) is 8.34. The SMILES string of the molecule is CCCc1c(C)c(C)c(C)c(-c2ccccc2)c1[SH2+].F[P-](F)(F)(F)(F)F. The maximum atomic E-state index is 9.87. The third kappa shape index (κ3) is 7.58. The van der Waals surface area contributed by atoms with Crippen LogP contribution in [-0.2, 0) is 19.0 Å². The molecule has 0 heterocycles. The zero-order chi connectivity index (χ0) is 20.4. The van der Waals surface area contributed by atoms with Crippen LogP contribution in [-0.4, -0.2) is 0 Å². The van der Waals surface area contributed by atoms with E-state index in [0.29, 0.717) is 0 Å². The van der Waals surface area contributed by atoms with Crippen molar-refractivity contribution in [1.29, 1.82) is 0 Å². The first kappa shape index (κ1) is 22.8. The molecule has 0 aliphatic carbocycles. The molecule has 0 atom stereocenters. The summed E-state index contributed by atoms with van der Waals surface area (Å²) >= 11 is 3.91. The molecule has 0 aliphatic rings. The Kier molecular flexibility index (Phi) is 6.22. The first-order valence-corrected chi connectivity index (χ1v) is 10.5. The first-order chi connectivity index (χ1) is 11.5. The van der Waals surface area contributed by atoms with Crippen LogP contribution in [0.5, 0.6) is 0 Å². The standard InChI is InChI=1S/C18H22S.F6P/c1-5-9-16-13(3)12(2)14(4)17(18(16)19)15-10-7-6-8-11-15;1-7(2,3,4,5)6/h6-8,10-11,19H,5,9H2,1-4H3;/q;-1/p+1. The van der Waals surface area contributed by atoms with Gasteiger partial charge in [-0.05, 0) is 62.1 Å². The molecular weight excluding hydrogens is 393 g/mol. The van der Waals surface area contributed by atoms with Crippen LogP contribution >= 0.6 is 7.81 Å². The van der Waals surface area contributed by atoms with E-state index in [9.17, 15) is 25.2 Å². The van der Waals surface area contributed by atoms with E-state index in [1.54, 1.807) is 0 Å². The molecule has 0 radical (unpaired) electrons. The van der Waals surface area contributed by atoms with Gasteiger partial charge in [0.15, 0.2) is 4.90 Å². The van der Waals surface area contributed by atoms with Crippen LogP contribution in [0, 0.1) is 20.8 Å². The topological polar surface area (TPSA) is 0 Å². The summed E-state index contributed by atoms with van der Waals surface area (Å²) in [5.74, 6) is 0. The molecule has 0 N–H and O–H groups in total. The van der Waals surface area contributed by atoms with E-state index < -0.39 is 7.81 Å². The van der Waals surface area contributed by atoms with Gasteiger partial charge in [-0.15, -0.1) is 0 Å². The molecule has 2 rings (SSSR count). The Labute approximate surface area is 155 Å². The second kappa shape index (κ2) is 7.08. The fourth-order valence-electron chi connectivity index (χ4n) is 2.75. The van der Waals surface area contributed by atoms with Crippen molar-refractivity contribution < 1.29 is 25.2 Å². The van der Waals surface area contributed by atoms with Gasteiger partial charge in [0, 0.05) is 11.1 Å². The Hall–Kier alpha value is -1.20. The van der Waals surface area contributed by atoms with Gasteiger partial charge in [0.1, 0.15) is 0 Å². The van der Waals surface area contributed by atoms with E-state index in [1.807, 2.05) is 0 Å². The molecule has 0 aromatic heterocycles. The Morgan fingerprint density at radius 1 is 0.808 bits per heavy atom. The summed E-state index contributed by atoms with van der Waals surface area (Å²) in [5, 5.41) is 0. The number of halogens is 6. The second-order valence-corrected chi connectivity index (χ2v) is 8.59. The average Bonchev–Trinajstić information content (AvgIpc) is 2.48. The molecule has 8 heteroatoms. The van der Waals surface area contributed by atoms with Crippen LogP contribution in [0.15, 0.2) is 35.2 Å². The molecule has 26 heavy (non-hydrogen) atoms. The van der Waals surface area contributed by atoms with Crippen molar-refractivity contribution in [1.82, 2.24) is 0 Å². The predicted octanol–water partition coefficient (Wildman–Crippen LogP) is 7.98. The van der Waals surface area contributed by atoms with Gasteiger partial charge in [0.05, 0.1) is 0 Å². The van der Waals surface area contributed by atoms with Crippen molar-refractivity contribution in [3.8, 4) is 11.1 Å². The first-order valence-electron chi connectivity index (χ1n) is 7.99. The minimum atomic E-state index is -10.7. The van der Waals surface area contributed by atoms with Crippen molar-refractivity contribution in [2.75, 3.05) is 0 Å². The van der Waals surface area contributed by atoms with Gasteiger partial charge in [-0.25, -0.2) is 0 Å². The molecule has 0 spiro atoms. The van der Waals surface area contributed by atoms with E-state index in [0.717, 1.165) is 6.42 Å². The average molecular weight is 416 g/mol. The fraction of sp³-hybridized carbons (Fsp3) is 0.333. The number of rotatable bonds is 3. The van der Waals surface area contributed by atoms with Crippen LogP contribution in [0.1, 0.15) is 35.6 Å². The predicted molar refractivity (Wildman–Crippen MR) is 102 cm³/mol. The van der Waals surface area contributed by atoms with Gasteiger partial charge in [-0.3, -0.25) is 0 Å². The van der Waals surface area contributed by atoms with E-state index in [2.05, 4.69) is 70.7 Å². The van der Waals surface area contributed by atoms with Crippen LogP contribution in [0.25, 0.3) is 11.1 Å². The van der Waals surface area contributed by atoms with Crippen molar-refractivity contribution in [2.24, 2.45) is 0 Å². The van der Waals surface area contributed by atoms with Crippen LogP contribution in [0.3, 0.4) is 0 Å². The van der Waals surface area contributed by atoms with E-state index in [-0.39, 0.29) is 0 Å². The molecule has 0 bridgehead atoms. The number of hydrogen-bond acceptors (Lipinski definition) is 0. The van der Waals surface area contributed by atoms with Gasteiger partial charge >= 0.3 is 33.0 Å². The Bertz CT molecular complexity index is 772. The molecular formula is C18H23F6PS. The molecule has 0 fully saturated rings. The quantitative estimate of drug-likeness (QED) is 0.270. The van der Waals surface area contributed by atoms with E-state index >= 15 is 0 Å². The monoisotopic (exact) mass is 416 g/mol. The van der Waals surface area contributed by atoms with E-state index in [4.69, 9.17) is 0 Å². The second-order valence-electron chi connectivity index (χ2n) is 6.18. The van der Waals surface area contributed by atoms with Crippen molar-refractivity contribution >= 4 is 20.4 Å². The van der Waals surface area contributed by atoms with Gasteiger partial charge < -0.3 is 0 Å². The molecule has 0 saturated heterocycles. The van der Waals surface area contributed by atoms with Crippen molar-refractivity contribution in [3.05, 3.63) is 52.6 Å². The van der Waals surface area contributed by atoms with Crippen LogP contribution in [0.2, 0.25) is 0 Å². The molecule has 2 aromatic carbocycles. The summed E-state index contributed by atoms with van der Waals surface area (Å²) < 4.78 is 59.2. The zero-order valence-corrected chi connectivity index (χ0v) is 16.9. The minimum absolute atomic E-state index is 1.13. The zero-order valence-electron chi connectivity index (χ0n) is 15.0. The summed E-state index contributed by atoms with van der Waals surface area (Å²) in [7, 11) is -10.7. The van der Waals surface area contributed by atoms with E-state index in [1.165, 1.54) is 44.7 Å². The Balaban J connectivity index is 0.000000412. The van der Waals surface area contributed by atoms with Crippen molar-refractivity contribution in [2.45, 2.75) is 45.4 Å². The molecule has 0 amide bonds. The molecule has 0 unspecified atom stereocenters. The van der Waals surface area contributed by atoms with Gasteiger partial charge in [0.2, 0.25) is 0 Å². The van der Waals surface area contributed by atoms with Gasteiger partial charge in [-0.2, -0.15) is 0 Å². The van der Waals surface area contributed by atoms with Crippen LogP contribution < -0.4 is 0 Å². The summed E-state index contributed by atoms with van der Waals surface area (Å²) in [6.45, 7) is 8.94. The number of hydrogen-bond donors (Lipinski definition) is 0. The summed E-state index contributed by atoms with van der Waals surface area (Å²) in [6.07, 6.45) is 2.31. The molecule has 148 valence electrons. The summed E-state index contributed by atoms with van der Waals surface area (Å²) in [6, 6.07) is 10.7. The molecule has 2 aromatic rings. The molecule has 0 aliphatic heterocycles. The Morgan fingerprint density at radius 2 is 1.27 bits per heavy atom. The maximum absolute atomic E-state index is 10.7. The Morgan fingerprint density at radius 3 is 1.69 bits per heavy atom. The molecule has 0 nitrogen and oxygen atoms in total. The fourth-order valence-corrected chi connectivity index (χ4v) is 3.39. The number of benzene rings is 2. The third-order valence-electron chi connectivity index (χ3n) is 4.07. The summed E-state index contributed by atoms with van der Waals surface area (Å²) in [4.78, 5) is 1.27. The normalized spacial score (nSPS) is 14.1. The van der Waals surface area contributed by atoms with Gasteiger partial charge in [0.25, 0.3) is 0 Å². The van der Waals surface area contributed by atoms with Gasteiger partial charge in [-0.1, -0.05) is 43.7 Å². The van der Waals surface area contributed by atoms with Crippen LogP contribution in [0.4, 0.5) is 25.2 Å². The molecule has 0 saturated carbocycles. The third-order valence-corrected chi connectivity index (χ3v) is 4.62. The van der Waals surface area contributed by atoms with Crippen molar-refractivity contribution in [3.63, 3.8) is 0 Å².